The number of benzene rings is 2. The minimum absolute atomic E-state index is 0.0867. The highest BCUT2D eigenvalue weighted by molar-refractivity contribution is 8.27. The number of thioether (sulfide) groups is 1. The Labute approximate surface area is 153 Å². The number of phenolic OH excluding ortho intramolecular Hbond substituents is 1. The van der Waals surface area contributed by atoms with Gasteiger partial charge in [-0.25, -0.2) is 0 Å². The highest BCUT2D eigenvalue weighted by Gasteiger charge is 2.33. The topological polar surface area (TPSA) is 66.3 Å². The second-order valence-corrected chi connectivity index (χ2v) is 7.02. The third kappa shape index (κ3) is 2.99. The molecule has 0 bridgehead atoms. The molecule has 0 radical (unpaired) electrons. The molecule has 1 aliphatic heterocycles. The van der Waals surface area contributed by atoms with Gasteiger partial charge in [-0.15, -0.1) is 0 Å². The van der Waals surface area contributed by atoms with E-state index in [4.69, 9.17) is 12.2 Å². The number of carbonyl (C=O) groups is 1. The van der Waals surface area contributed by atoms with Crippen LogP contribution in [0.4, 0.5) is 5.69 Å². The standard InChI is InChI=1S/C18H11N3O2S2/c22-13-3-1-2-12(10-13)21-17(23)16(25-18(21)24)9-11-4-5-14-15(8-11)20-7-6-19-14/h1-10,22H. The number of hydrogen-bond acceptors (Lipinski definition) is 6. The Bertz CT molecular complexity index is 1050. The number of carbonyl (C=O) groups excluding carboxylic acids is 1. The van der Waals surface area contributed by atoms with Gasteiger partial charge in [-0.1, -0.05) is 36.1 Å². The van der Waals surface area contributed by atoms with Crippen molar-refractivity contribution in [1.82, 2.24) is 9.97 Å². The molecule has 122 valence electrons. The molecule has 0 saturated carbocycles. The van der Waals surface area contributed by atoms with E-state index in [2.05, 4.69) is 9.97 Å². The van der Waals surface area contributed by atoms with Gasteiger partial charge in [0.05, 0.1) is 21.6 Å². The first-order valence-corrected chi connectivity index (χ1v) is 8.62. The molecule has 2 aromatic carbocycles. The molecule has 5 nitrogen and oxygen atoms in total. The van der Waals surface area contributed by atoms with Gasteiger partial charge in [-0.05, 0) is 35.9 Å². The first-order valence-electron chi connectivity index (χ1n) is 7.39. The predicted molar refractivity (Wildman–Crippen MR) is 103 cm³/mol. The van der Waals surface area contributed by atoms with Crippen LogP contribution >= 0.6 is 24.0 Å². The van der Waals surface area contributed by atoms with E-state index in [0.717, 1.165) is 16.6 Å². The molecule has 4 rings (SSSR count). The highest BCUT2D eigenvalue weighted by Crippen LogP contribution is 2.36. The Kier molecular flexibility index (Phi) is 3.95. The zero-order chi connectivity index (χ0) is 17.4. The highest BCUT2D eigenvalue weighted by atomic mass is 32.2. The molecule has 25 heavy (non-hydrogen) atoms. The van der Waals surface area contributed by atoms with E-state index in [9.17, 15) is 9.90 Å². The lowest BCUT2D eigenvalue weighted by Gasteiger charge is -2.14. The van der Waals surface area contributed by atoms with Gasteiger partial charge in [0, 0.05) is 18.5 Å². The fourth-order valence-corrected chi connectivity index (χ4v) is 3.84. The summed E-state index contributed by atoms with van der Waals surface area (Å²) in [5.41, 5.74) is 2.96. The summed E-state index contributed by atoms with van der Waals surface area (Å²) in [6.45, 7) is 0. The number of thiocarbonyl (C=S) groups is 1. The molecule has 0 unspecified atom stereocenters. The molecular weight excluding hydrogens is 354 g/mol. The number of aromatic hydroxyl groups is 1. The summed E-state index contributed by atoms with van der Waals surface area (Å²) in [4.78, 5) is 23.2. The van der Waals surface area contributed by atoms with Crippen LogP contribution in [-0.2, 0) is 4.79 Å². The van der Waals surface area contributed by atoms with Crippen LogP contribution in [0.15, 0.2) is 59.8 Å². The summed E-state index contributed by atoms with van der Waals surface area (Å²) in [5, 5.41) is 9.63. The van der Waals surface area contributed by atoms with Crippen molar-refractivity contribution in [3.63, 3.8) is 0 Å². The Morgan fingerprint density at radius 1 is 1.08 bits per heavy atom. The van der Waals surface area contributed by atoms with Gasteiger partial charge in [-0.3, -0.25) is 19.7 Å². The third-order valence-electron chi connectivity index (χ3n) is 3.67. The Morgan fingerprint density at radius 2 is 1.88 bits per heavy atom. The molecule has 0 aliphatic carbocycles. The monoisotopic (exact) mass is 365 g/mol. The number of anilines is 1. The van der Waals surface area contributed by atoms with Gasteiger partial charge in [0.1, 0.15) is 5.75 Å². The lowest BCUT2D eigenvalue weighted by Crippen LogP contribution is -2.27. The molecule has 1 aromatic heterocycles. The Hall–Kier alpha value is -2.77. The first kappa shape index (κ1) is 15.7. The van der Waals surface area contributed by atoms with Crippen molar-refractivity contribution in [3.05, 3.63) is 65.3 Å². The van der Waals surface area contributed by atoms with Gasteiger partial charge in [0.25, 0.3) is 5.91 Å². The van der Waals surface area contributed by atoms with Crippen molar-refractivity contribution in [2.45, 2.75) is 0 Å². The number of fused-ring (bicyclic) bond motifs is 1. The third-order valence-corrected chi connectivity index (χ3v) is 4.97. The van der Waals surface area contributed by atoms with Crippen molar-refractivity contribution in [2.75, 3.05) is 4.90 Å². The lowest BCUT2D eigenvalue weighted by molar-refractivity contribution is -0.113. The molecule has 7 heteroatoms. The van der Waals surface area contributed by atoms with Crippen molar-refractivity contribution >= 4 is 57.0 Å². The number of nitrogens with zero attached hydrogens (tertiary/aromatic N) is 3. The molecule has 2 heterocycles. The average molecular weight is 365 g/mol. The van der Waals surface area contributed by atoms with Crippen LogP contribution in [0.25, 0.3) is 17.1 Å². The summed E-state index contributed by atoms with van der Waals surface area (Å²) in [7, 11) is 0. The van der Waals surface area contributed by atoms with Crippen molar-refractivity contribution < 1.29 is 9.90 Å². The van der Waals surface area contributed by atoms with E-state index in [0.29, 0.717) is 14.9 Å². The Morgan fingerprint density at radius 3 is 2.68 bits per heavy atom. The number of hydrogen-bond donors (Lipinski definition) is 1. The molecule has 1 saturated heterocycles. The maximum Gasteiger partial charge on any atom is 0.270 e. The minimum Gasteiger partial charge on any atom is -0.508 e. The van der Waals surface area contributed by atoms with Crippen molar-refractivity contribution in [2.24, 2.45) is 0 Å². The van der Waals surface area contributed by atoms with E-state index >= 15 is 0 Å². The van der Waals surface area contributed by atoms with Crippen molar-refractivity contribution in [3.8, 4) is 5.75 Å². The van der Waals surface area contributed by atoms with Crippen LogP contribution in [0, 0.1) is 0 Å². The average Bonchev–Trinajstić information content (AvgIpc) is 2.88. The summed E-state index contributed by atoms with van der Waals surface area (Å²) in [6.07, 6.45) is 5.06. The van der Waals surface area contributed by atoms with E-state index in [1.807, 2.05) is 18.2 Å². The molecule has 1 fully saturated rings. The minimum atomic E-state index is -0.208. The maximum absolute atomic E-state index is 12.7. The molecule has 0 spiro atoms. The molecule has 1 aliphatic rings. The smallest absolute Gasteiger partial charge is 0.270 e. The number of rotatable bonds is 2. The number of aromatic nitrogens is 2. The van der Waals surface area contributed by atoms with Gasteiger partial charge in [-0.2, -0.15) is 0 Å². The van der Waals surface area contributed by atoms with Gasteiger partial charge in [0.15, 0.2) is 4.32 Å². The molecular formula is C18H11N3O2S2. The second-order valence-electron chi connectivity index (χ2n) is 5.34. The van der Waals surface area contributed by atoms with Crippen LogP contribution in [0.2, 0.25) is 0 Å². The molecule has 0 atom stereocenters. The maximum atomic E-state index is 12.7. The van der Waals surface area contributed by atoms with Crippen LogP contribution in [0.3, 0.4) is 0 Å². The normalized spacial score (nSPS) is 16.2. The quantitative estimate of drug-likeness (QED) is 0.551. The first-order chi connectivity index (χ1) is 12.1. The van der Waals surface area contributed by atoms with E-state index in [1.54, 1.807) is 36.7 Å². The summed E-state index contributed by atoms with van der Waals surface area (Å²) >= 11 is 6.57. The summed E-state index contributed by atoms with van der Waals surface area (Å²) in [6, 6.07) is 12.1. The fourth-order valence-electron chi connectivity index (χ4n) is 2.54. The number of phenols is 1. The lowest BCUT2D eigenvalue weighted by atomic mass is 10.1. The van der Waals surface area contributed by atoms with E-state index < -0.39 is 0 Å². The van der Waals surface area contributed by atoms with Crippen LogP contribution in [0.1, 0.15) is 5.56 Å². The zero-order valence-corrected chi connectivity index (χ0v) is 14.4. The zero-order valence-electron chi connectivity index (χ0n) is 12.8. The van der Waals surface area contributed by atoms with Crippen LogP contribution < -0.4 is 4.90 Å². The Balaban J connectivity index is 1.69. The number of amides is 1. The van der Waals surface area contributed by atoms with E-state index in [-0.39, 0.29) is 11.7 Å². The van der Waals surface area contributed by atoms with Gasteiger partial charge in [0.2, 0.25) is 0 Å². The fraction of sp³-hybridized carbons (Fsp3) is 0. The summed E-state index contributed by atoms with van der Waals surface area (Å²) < 4.78 is 0.433. The molecule has 1 N–H and O–H groups in total. The van der Waals surface area contributed by atoms with Gasteiger partial charge >= 0.3 is 0 Å². The molecule has 1 amide bonds. The largest absolute Gasteiger partial charge is 0.508 e. The van der Waals surface area contributed by atoms with Crippen molar-refractivity contribution in [1.29, 1.82) is 0 Å². The van der Waals surface area contributed by atoms with Crippen LogP contribution in [-0.4, -0.2) is 25.3 Å². The van der Waals surface area contributed by atoms with Crippen LogP contribution in [0.5, 0.6) is 5.75 Å². The van der Waals surface area contributed by atoms with E-state index in [1.165, 1.54) is 22.7 Å². The molecule has 3 aromatic rings. The SMILES string of the molecule is O=C1C(=Cc2ccc3nccnc3c2)SC(=S)N1c1cccc(O)c1. The second kappa shape index (κ2) is 6.27. The summed E-state index contributed by atoms with van der Waals surface area (Å²) in [5.74, 6) is -0.122. The predicted octanol–water partition coefficient (Wildman–Crippen LogP) is 3.74. The van der Waals surface area contributed by atoms with Gasteiger partial charge < -0.3 is 5.11 Å².